The SMILES string of the molecule is CC(Nc1cccc(CN(C)C)c1)c1ccsc1. The standard InChI is InChI=1S/C15H20N2S/c1-12(14-7-8-18-11-14)16-15-6-4-5-13(9-15)10-17(2)3/h4-9,11-12,16H,10H2,1-3H3. The predicted octanol–water partition coefficient (Wildman–Crippen LogP) is 3.98. The van der Waals surface area contributed by atoms with Gasteiger partial charge in [-0.2, -0.15) is 11.3 Å². The van der Waals surface area contributed by atoms with Gasteiger partial charge in [-0.25, -0.2) is 0 Å². The Morgan fingerprint density at radius 2 is 2.11 bits per heavy atom. The van der Waals surface area contributed by atoms with Crippen molar-refractivity contribution in [3.8, 4) is 0 Å². The van der Waals surface area contributed by atoms with Crippen molar-refractivity contribution in [2.24, 2.45) is 0 Å². The van der Waals surface area contributed by atoms with Gasteiger partial charge in [0.2, 0.25) is 0 Å². The maximum atomic E-state index is 3.55. The van der Waals surface area contributed by atoms with E-state index < -0.39 is 0 Å². The zero-order chi connectivity index (χ0) is 13.0. The van der Waals surface area contributed by atoms with Gasteiger partial charge in [-0.1, -0.05) is 12.1 Å². The van der Waals surface area contributed by atoms with Crippen LogP contribution in [0.2, 0.25) is 0 Å². The van der Waals surface area contributed by atoms with E-state index in [1.807, 2.05) is 0 Å². The third kappa shape index (κ3) is 3.59. The van der Waals surface area contributed by atoms with E-state index in [-0.39, 0.29) is 0 Å². The summed E-state index contributed by atoms with van der Waals surface area (Å²) in [4.78, 5) is 2.18. The molecule has 0 aliphatic rings. The number of hydrogen-bond donors (Lipinski definition) is 1. The molecule has 1 N–H and O–H groups in total. The van der Waals surface area contributed by atoms with Gasteiger partial charge < -0.3 is 10.2 Å². The Bertz CT molecular complexity index is 477. The van der Waals surface area contributed by atoms with Crippen LogP contribution in [0.25, 0.3) is 0 Å². The molecule has 1 aromatic heterocycles. The lowest BCUT2D eigenvalue weighted by atomic mass is 10.1. The van der Waals surface area contributed by atoms with Crippen molar-refractivity contribution in [2.75, 3.05) is 19.4 Å². The second-order valence-corrected chi connectivity index (χ2v) is 5.64. The van der Waals surface area contributed by atoms with Crippen LogP contribution < -0.4 is 5.32 Å². The fourth-order valence-corrected chi connectivity index (χ4v) is 2.73. The summed E-state index contributed by atoms with van der Waals surface area (Å²) in [7, 11) is 4.18. The maximum absolute atomic E-state index is 3.55. The summed E-state index contributed by atoms with van der Waals surface area (Å²) < 4.78 is 0. The number of nitrogens with one attached hydrogen (secondary N) is 1. The molecule has 0 amide bonds. The third-order valence-electron chi connectivity index (χ3n) is 2.85. The smallest absolute Gasteiger partial charge is 0.0493 e. The van der Waals surface area contributed by atoms with Crippen LogP contribution in [-0.2, 0) is 6.54 Å². The number of nitrogens with zero attached hydrogens (tertiary/aromatic N) is 1. The molecule has 96 valence electrons. The quantitative estimate of drug-likeness (QED) is 0.874. The van der Waals surface area contributed by atoms with Crippen molar-refractivity contribution in [2.45, 2.75) is 19.5 Å². The number of benzene rings is 1. The lowest BCUT2D eigenvalue weighted by Crippen LogP contribution is -2.11. The zero-order valence-corrected chi connectivity index (χ0v) is 12.0. The lowest BCUT2D eigenvalue weighted by Gasteiger charge is -2.16. The molecular weight excluding hydrogens is 240 g/mol. The zero-order valence-electron chi connectivity index (χ0n) is 11.2. The van der Waals surface area contributed by atoms with Crippen molar-refractivity contribution >= 4 is 17.0 Å². The van der Waals surface area contributed by atoms with E-state index in [1.165, 1.54) is 16.8 Å². The van der Waals surface area contributed by atoms with Crippen molar-refractivity contribution in [3.05, 3.63) is 52.2 Å². The maximum Gasteiger partial charge on any atom is 0.0493 e. The van der Waals surface area contributed by atoms with E-state index in [0.717, 1.165) is 6.54 Å². The first-order chi connectivity index (χ1) is 8.65. The molecule has 18 heavy (non-hydrogen) atoms. The average molecular weight is 260 g/mol. The molecule has 0 bridgehead atoms. The molecule has 3 heteroatoms. The molecule has 0 saturated carbocycles. The first kappa shape index (κ1) is 13.1. The molecule has 0 radical (unpaired) electrons. The Morgan fingerprint density at radius 1 is 1.28 bits per heavy atom. The van der Waals surface area contributed by atoms with Gasteiger partial charge in [-0.15, -0.1) is 0 Å². The van der Waals surface area contributed by atoms with Crippen LogP contribution in [0.5, 0.6) is 0 Å². The van der Waals surface area contributed by atoms with Crippen LogP contribution >= 0.6 is 11.3 Å². The minimum Gasteiger partial charge on any atom is -0.378 e. The Labute approximate surface area is 113 Å². The van der Waals surface area contributed by atoms with Crippen molar-refractivity contribution < 1.29 is 0 Å². The van der Waals surface area contributed by atoms with Gasteiger partial charge >= 0.3 is 0 Å². The molecule has 0 spiro atoms. The lowest BCUT2D eigenvalue weighted by molar-refractivity contribution is 0.402. The molecule has 0 fully saturated rings. The van der Waals surface area contributed by atoms with E-state index in [1.54, 1.807) is 11.3 Å². The summed E-state index contributed by atoms with van der Waals surface area (Å²) in [5, 5.41) is 7.86. The van der Waals surface area contributed by atoms with E-state index in [4.69, 9.17) is 0 Å². The summed E-state index contributed by atoms with van der Waals surface area (Å²) in [5.74, 6) is 0. The average Bonchev–Trinajstić information content (AvgIpc) is 2.81. The highest BCUT2D eigenvalue weighted by Gasteiger charge is 2.05. The molecule has 2 aromatic rings. The summed E-state index contributed by atoms with van der Waals surface area (Å²) >= 11 is 1.74. The first-order valence-electron chi connectivity index (χ1n) is 6.17. The third-order valence-corrected chi connectivity index (χ3v) is 3.55. The van der Waals surface area contributed by atoms with E-state index in [0.29, 0.717) is 6.04 Å². The molecule has 1 atom stereocenters. The van der Waals surface area contributed by atoms with E-state index in [9.17, 15) is 0 Å². The molecule has 2 nitrogen and oxygen atoms in total. The van der Waals surface area contributed by atoms with Gasteiger partial charge in [0.15, 0.2) is 0 Å². The molecular formula is C15H20N2S. The second kappa shape index (κ2) is 6.03. The molecule has 0 saturated heterocycles. The Balaban J connectivity index is 2.05. The van der Waals surface area contributed by atoms with Crippen molar-refractivity contribution in [1.29, 1.82) is 0 Å². The van der Waals surface area contributed by atoms with Gasteiger partial charge in [0.05, 0.1) is 0 Å². The second-order valence-electron chi connectivity index (χ2n) is 4.86. The van der Waals surface area contributed by atoms with Crippen LogP contribution in [0.15, 0.2) is 41.1 Å². The van der Waals surface area contributed by atoms with Crippen LogP contribution in [0.1, 0.15) is 24.1 Å². The number of hydrogen-bond acceptors (Lipinski definition) is 3. The monoisotopic (exact) mass is 260 g/mol. The predicted molar refractivity (Wildman–Crippen MR) is 80.2 cm³/mol. The fraction of sp³-hybridized carbons (Fsp3) is 0.333. The molecule has 0 aliphatic carbocycles. The number of thiophene rings is 1. The number of rotatable bonds is 5. The first-order valence-corrected chi connectivity index (χ1v) is 7.12. The fourth-order valence-electron chi connectivity index (χ4n) is 1.98. The highest BCUT2D eigenvalue weighted by Crippen LogP contribution is 2.22. The topological polar surface area (TPSA) is 15.3 Å². The highest BCUT2D eigenvalue weighted by molar-refractivity contribution is 7.07. The highest BCUT2D eigenvalue weighted by atomic mass is 32.1. The molecule has 2 rings (SSSR count). The van der Waals surface area contributed by atoms with Gasteiger partial charge in [0.1, 0.15) is 0 Å². The minimum absolute atomic E-state index is 0.353. The molecule has 0 aliphatic heterocycles. The normalized spacial score (nSPS) is 12.7. The van der Waals surface area contributed by atoms with Crippen LogP contribution in [0.3, 0.4) is 0 Å². The van der Waals surface area contributed by atoms with Gasteiger partial charge in [-0.3, -0.25) is 0 Å². The van der Waals surface area contributed by atoms with Crippen molar-refractivity contribution in [3.63, 3.8) is 0 Å². The van der Waals surface area contributed by atoms with E-state index >= 15 is 0 Å². The summed E-state index contributed by atoms with van der Waals surface area (Å²) in [6, 6.07) is 11.2. The largest absolute Gasteiger partial charge is 0.378 e. The Hall–Kier alpha value is -1.32. The van der Waals surface area contributed by atoms with Gasteiger partial charge in [0, 0.05) is 18.3 Å². The summed E-state index contributed by atoms with van der Waals surface area (Å²) in [5.41, 5.74) is 3.87. The van der Waals surface area contributed by atoms with Crippen LogP contribution in [0, 0.1) is 0 Å². The Morgan fingerprint density at radius 3 is 2.78 bits per heavy atom. The summed E-state index contributed by atoms with van der Waals surface area (Å²) in [6.45, 7) is 3.17. The molecule has 1 unspecified atom stereocenters. The van der Waals surface area contributed by atoms with Gasteiger partial charge in [-0.05, 0) is 61.1 Å². The van der Waals surface area contributed by atoms with Crippen LogP contribution in [-0.4, -0.2) is 19.0 Å². The van der Waals surface area contributed by atoms with Crippen molar-refractivity contribution in [1.82, 2.24) is 4.90 Å². The molecule has 1 heterocycles. The number of anilines is 1. The summed E-state index contributed by atoms with van der Waals surface area (Å²) in [6.07, 6.45) is 0. The molecule has 1 aromatic carbocycles. The van der Waals surface area contributed by atoms with Crippen LogP contribution in [0.4, 0.5) is 5.69 Å². The Kier molecular flexibility index (Phi) is 4.39. The minimum atomic E-state index is 0.353. The van der Waals surface area contributed by atoms with E-state index in [2.05, 4.69) is 72.3 Å². The van der Waals surface area contributed by atoms with Gasteiger partial charge in [0.25, 0.3) is 0 Å².